The monoisotopic (exact) mass is 375 g/mol. The molecule has 7 heteroatoms. The Morgan fingerprint density at radius 2 is 2.30 bits per heavy atom. The predicted molar refractivity (Wildman–Crippen MR) is 108 cm³/mol. The number of rotatable bonds is 8. The Morgan fingerprint density at radius 1 is 1.44 bits per heavy atom. The van der Waals surface area contributed by atoms with E-state index in [9.17, 15) is 0 Å². The molecule has 0 amide bonds. The van der Waals surface area contributed by atoms with Crippen molar-refractivity contribution < 1.29 is 9.47 Å². The first-order valence-corrected chi connectivity index (χ1v) is 9.96. The predicted octanol–water partition coefficient (Wildman–Crippen LogP) is 1.74. The minimum absolute atomic E-state index is 0.258. The number of aliphatic imine (C=N–C) groups is 1. The molecule has 7 nitrogen and oxygen atoms in total. The highest BCUT2D eigenvalue weighted by Crippen LogP contribution is 2.28. The lowest BCUT2D eigenvalue weighted by atomic mass is 10.2. The topological polar surface area (TPSA) is 62.2 Å². The molecule has 27 heavy (non-hydrogen) atoms. The third kappa shape index (κ3) is 6.36. The smallest absolute Gasteiger partial charge is 0.193 e. The molecule has 2 fully saturated rings. The van der Waals surface area contributed by atoms with Crippen LogP contribution < -0.4 is 10.2 Å². The van der Waals surface area contributed by atoms with Crippen LogP contribution in [0.3, 0.4) is 0 Å². The Kier molecular flexibility index (Phi) is 7.29. The number of guanidine groups is 1. The maximum atomic E-state index is 5.72. The van der Waals surface area contributed by atoms with Crippen LogP contribution >= 0.6 is 0 Å². The van der Waals surface area contributed by atoms with Crippen LogP contribution in [-0.2, 0) is 16.0 Å². The van der Waals surface area contributed by atoms with Gasteiger partial charge in [-0.2, -0.15) is 0 Å². The SMILES string of the molecule is CN=C(NCc1ccc(N2CCOC(C)C2)nc1)N(C)CCOCC1CC1. The molecule has 1 atom stereocenters. The minimum atomic E-state index is 0.258. The number of likely N-dealkylation sites (N-methyl/N-ethyl adjacent to an activating group) is 1. The third-order valence-electron chi connectivity index (χ3n) is 5.02. The molecule has 0 bridgehead atoms. The van der Waals surface area contributed by atoms with Crippen LogP contribution in [0.2, 0.25) is 0 Å². The molecule has 0 spiro atoms. The molecular weight excluding hydrogens is 342 g/mol. The van der Waals surface area contributed by atoms with Gasteiger partial charge in [0.15, 0.2) is 5.96 Å². The molecule has 1 aromatic heterocycles. The van der Waals surface area contributed by atoms with Crippen molar-refractivity contribution in [1.29, 1.82) is 0 Å². The van der Waals surface area contributed by atoms with E-state index in [4.69, 9.17) is 9.47 Å². The molecule has 1 aliphatic heterocycles. The second-order valence-corrected chi connectivity index (χ2v) is 7.49. The molecule has 3 rings (SSSR count). The number of pyridine rings is 1. The number of aromatic nitrogens is 1. The van der Waals surface area contributed by atoms with Crippen molar-refractivity contribution in [3.05, 3.63) is 23.9 Å². The molecule has 150 valence electrons. The summed E-state index contributed by atoms with van der Waals surface area (Å²) in [6, 6.07) is 4.22. The Balaban J connectivity index is 1.41. The summed E-state index contributed by atoms with van der Waals surface area (Å²) in [6.45, 7) is 7.83. The summed E-state index contributed by atoms with van der Waals surface area (Å²) in [7, 11) is 3.85. The van der Waals surface area contributed by atoms with Gasteiger partial charge in [-0.1, -0.05) is 6.07 Å². The molecule has 1 unspecified atom stereocenters. The van der Waals surface area contributed by atoms with Crippen LogP contribution in [0.1, 0.15) is 25.3 Å². The largest absolute Gasteiger partial charge is 0.379 e. The van der Waals surface area contributed by atoms with E-state index in [2.05, 4.69) is 44.1 Å². The van der Waals surface area contributed by atoms with E-state index in [0.29, 0.717) is 6.54 Å². The first kappa shape index (κ1) is 19.9. The maximum Gasteiger partial charge on any atom is 0.193 e. The van der Waals surface area contributed by atoms with Crippen molar-refractivity contribution in [2.45, 2.75) is 32.4 Å². The highest BCUT2D eigenvalue weighted by Gasteiger charge is 2.21. The Morgan fingerprint density at radius 3 is 2.96 bits per heavy atom. The molecule has 1 aromatic rings. The van der Waals surface area contributed by atoms with Gasteiger partial charge in [0.05, 0.1) is 19.3 Å². The van der Waals surface area contributed by atoms with Gasteiger partial charge in [-0.15, -0.1) is 0 Å². The zero-order valence-corrected chi connectivity index (χ0v) is 16.9. The van der Waals surface area contributed by atoms with E-state index in [1.165, 1.54) is 12.8 Å². The lowest BCUT2D eigenvalue weighted by Crippen LogP contribution is -2.41. The molecule has 0 radical (unpaired) electrons. The summed E-state index contributed by atoms with van der Waals surface area (Å²) < 4.78 is 11.3. The summed E-state index contributed by atoms with van der Waals surface area (Å²) in [4.78, 5) is 13.4. The van der Waals surface area contributed by atoms with Gasteiger partial charge in [0.1, 0.15) is 5.82 Å². The average molecular weight is 376 g/mol. The van der Waals surface area contributed by atoms with Gasteiger partial charge >= 0.3 is 0 Å². The molecular formula is C20H33N5O2. The number of nitrogens with zero attached hydrogens (tertiary/aromatic N) is 4. The first-order valence-electron chi connectivity index (χ1n) is 9.96. The minimum Gasteiger partial charge on any atom is -0.379 e. The van der Waals surface area contributed by atoms with E-state index in [-0.39, 0.29) is 6.10 Å². The fourth-order valence-electron chi connectivity index (χ4n) is 3.14. The fraction of sp³-hybridized carbons (Fsp3) is 0.700. The summed E-state index contributed by atoms with van der Waals surface area (Å²) in [5, 5.41) is 3.40. The fourth-order valence-corrected chi connectivity index (χ4v) is 3.14. The summed E-state index contributed by atoms with van der Waals surface area (Å²) in [6.07, 6.45) is 4.86. The molecule has 1 saturated carbocycles. The second-order valence-electron chi connectivity index (χ2n) is 7.49. The Hall–Kier alpha value is -1.86. The zero-order valence-electron chi connectivity index (χ0n) is 16.9. The zero-order chi connectivity index (χ0) is 19.1. The molecule has 1 saturated heterocycles. The number of anilines is 1. The first-order chi connectivity index (χ1) is 13.2. The quantitative estimate of drug-likeness (QED) is 0.424. The van der Waals surface area contributed by atoms with Gasteiger partial charge in [-0.05, 0) is 37.3 Å². The van der Waals surface area contributed by atoms with Crippen molar-refractivity contribution >= 4 is 11.8 Å². The van der Waals surface area contributed by atoms with E-state index in [0.717, 1.165) is 62.7 Å². The molecule has 2 heterocycles. The van der Waals surface area contributed by atoms with E-state index in [1.807, 2.05) is 20.3 Å². The van der Waals surface area contributed by atoms with Gasteiger partial charge in [-0.3, -0.25) is 4.99 Å². The molecule has 2 aliphatic rings. The van der Waals surface area contributed by atoms with Gasteiger partial charge in [0.25, 0.3) is 0 Å². The molecule has 0 aromatic carbocycles. The number of morpholine rings is 1. The summed E-state index contributed by atoms with van der Waals surface area (Å²) >= 11 is 0. The number of nitrogens with one attached hydrogen (secondary N) is 1. The normalized spacial score (nSPS) is 20.6. The standard InChI is InChI=1S/C20H33N5O2/c1-16-14-25(9-11-27-16)19-7-6-18(12-22-19)13-23-20(21-2)24(3)8-10-26-15-17-4-5-17/h6-7,12,16-17H,4-5,8-11,13-15H2,1-3H3,(H,21,23). The van der Waals surface area contributed by atoms with Gasteiger partial charge in [0.2, 0.25) is 0 Å². The van der Waals surface area contributed by atoms with Crippen molar-refractivity contribution in [3.63, 3.8) is 0 Å². The number of ether oxygens (including phenoxy) is 2. The lowest BCUT2D eigenvalue weighted by Gasteiger charge is -2.32. The highest BCUT2D eigenvalue weighted by atomic mass is 16.5. The van der Waals surface area contributed by atoms with Crippen molar-refractivity contribution in [1.82, 2.24) is 15.2 Å². The van der Waals surface area contributed by atoms with Crippen LogP contribution in [0, 0.1) is 5.92 Å². The Bertz CT molecular complexity index is 603. The van der Waals surface area contributed by atoms with Crippen molar-refractivity contribution in [2.24, 2.45) is 10.9 Å². The van der Waals surface area contributed by atoms with Crippen LogP contribution in [-0.4, -0.2) is 75.5 Å². The third-order valence-corrected chi connectivity index (χ3v) is 5.02. The van der Waals surface area contributed by atoms with Crippen molar-refractivity contribution in [2.75, 3.05) is 58.5 Å². The second kappa shape index (κ2) is 9.90. The molecule has 1 aliphatic carbocycles. The average Bonchev–Trinajstić information content (AvgIpc) is 3.51. The van der Waals surface area contributed by atoms with Crippen LogP contribution in [0.25, 0.3) is 0 Å². The van der Waals surface area contributed by atoms with E-state index < -0.39 is 0 Å². The van der Waals surface area contributed by atoms with Gasteiger partial charge < -0.3 is 24.6 Å². The van der Waals surface area contributed by atoms with E-state index in [1.54, 1.807) is 0 Å². The van der Waals surface area contributed by atoms with Crippen LogP contribution in [0.4, 0.5) is 5.82 Å². The Labute approximate surface area is 162 Å². The number of hydrogen-bond acceptors (Lipinski definition) is 5. The number of hydrogen-bond donors (Lipinski definition) is 1. The van der Waals surface area contributed by atoms with E-state index >= 15 is 0 Å². The van der Waals surface area contributed by atoms with Gasteiger partial charge in [0, 0.05) is 53.1 Å². The summed E-state index contributed by atoms with van der Waals surface area (Å²) in [5.74, 6) is 2.70. The highest BCUT2D eigenvalue weighted by molar-refractivity contribution is 5.79. The molecule has 1 N–H and O–H groups in total. The van der Waals surface area contributed by atoms with Crippen LogP contribution in [0.15, 0.2) is 23.3 Å². The van der Waals surface area contributed by atoms with Gasteiger partial charge in [-0.25, -0.2) is 4.98 Å². The lowest BCUT2D eigenvalue weighted by molar-refractivity contribution is 0.0529. The summed E-state index contributed by atoms with van der Waals surface area (Å²) in [5.41, 5.74) is 1.14. The maximum absolute atomic E-state index is 5.72. The van der Waals surface area contributed by atoms with Crippen LogP contribution in [0.5, 0.6) is 0 Å². The van der Waals surface area contributed by atoms with Crippen molar-refractivity contribution in [3.8, 4) is 0 Å².